The number of benzene rings is 2. The number of nitrogens with one attached hydrogen (secondary N) is 1. The molecule has 0 aromatic heterocycles. The van der Waals surface area contributed by atoms with Gasteiger partial charge in [0.25, 0.3) is 0 Å². The first-order valence-corrected chi connectivity index (χ1v) is 11.4. The first kappa shape index (κ1) is 22.8. The van der Waals surface area contributed by atoms with E-state index in [2.05, 4.69) is 5.32 Å². The molecular formula is C23H27NO6S. The molecule has 166 valence electrons. The molecule has 2 aromatic rings. The highest BCUT2D eigenvalue weighted by atomic mass is 32.2. The lowest BCUT2D eigenvalue weighted by Crippen LogP contribution is -2.45. The molecule has 3 rings (SSSR count). The van der Waals surface area contributed by atoms with Gasteiger partial charge in [0, 0.05) is 5.92 Å². The molecule has 0 unspecified atom stereocenters. The van der Waals surface area contributed by atoms with Crippen molar-refractivity contribution in [1.82, 2.24) is 5.32 Å². The predicted octanol–water partition coefficient (Wildman–Crippen LogP) is 3.41. The summed E-state index contributed by atoms with van der Waals surface area (Å²) >= 11 is 0. The van der Waals surface area contributed by atoms with Crippen molar-refractivity contribution in [2.45, 2.75) is 54.9 Å². The van der Waals surface area contributed by atoms with Crippen LogP contribution in [0, 0.1) is 6.92 Å². The molecule has 1 aliphatic rings. The van der Waals surface area contributed by atoms with Gasteiger partial charge in [-0.15, -0.1) is 0 Å². The number of alkyl carbamates (subject to hydrolysis) is 1. The Morgan fingerprint density at radius 3 is 2.13 bits per heavy atom. The minimum Gasteiger partial charge on any atom is -0.497 e. The highest BCUT2D eigenvalue weighted by Gasteiger charge is 2.73. The molecule has 1 N–H and O–H groups in total. The number of aldehydes is 1. The van der Waals surface area contributed by atoms with E-state index in [9.17, 15) is 18.0 Å². The largest absolute Gasteiger partial charge is 0.497 e. The lowest BCUT2D eigenvalue weighted by Gasteiger charge is -2.22. The highest BCUT2D eigenvalue weighted by Crippen LogP contribution is 2.56. The van der Waals surface area contributed by atoms with Gasteiger partial charge in [-0.1, -0.05) is 29.8 Å². The van der Waals surface area contributed by atoms with Gasteiger partial charge in [0.15, 0.2) is 9.84 Å². The Labute approximate surface area is 182 Å². The maximum absolute atomic E-state index is 13.5. The van der Waals surface area contributed by atoms with Crippen LogP contribution in [0.4, 0.5) is 4.79 Å². The number of carbonyl (C=O) groups excluding carboxylic acids is 2. The van der Waals surface area contributed by atoms with E-state index in [0.717, 1.165) is 5.56 Å². The van der Waals surface area contributed by atoms with Crippen molar-refractivity contribution in [3.8, 4) is 5.75 Å². The van der Waals surface area contributed by atoms with Gasteiger partial charge in [0.1, 0.15) is 28.4 Å². The van der Waals surface area contributed by atoms with E-state index in [-0.39, 0.29) is 4.90 Å². The van der Waals surface area contributed by atoms with Gasteiger partial charge in [-0.25, -0.2) is 13.2 Å². The number of amides is 1. The maximum atomic E-state index is 13.5. The van der Waals surface area contributed by atoms with Crippen molar-refractivity contribution in [1.29, 1.82) is 0 Å². The number of carbonyl (C=O) groups is 2. The molecule has 31 heavy (non-hydrogen) atoms. The van der Waals surface area contributed by atoms with Crippen molar-refractivity contribution in [3.05, 3.63) is 59.7 Å². The quantitative estimate of drug-likeness (QED) is 0.684. The zero-order valence-electron chi connectivity index (χ0n) is 18.2. The van der Waals surface area contributed by atoms with Crippen molar-refractivity contribution >= 4 is 22.2 Å². The molecule has 1 amide bonds. The Balaban J connectivity index is 2.04. The van der Waals surface area contributed by atoms with E-state index in [1.807, 2.05) is 6.92 Å². The Bertz CT molecular complexity index is 1070. The lowest BCUT2D eigenvalue weighted by atomic mass is 10.1. The molecule has 1 aliphatic carbocycles. The normalized spacial score (nSPS) is 23.0. The van der Waals surface area contributed by atoms with Crippen molar-refractivity contribution < 1.29 is 27.5 Å². The summed E-state index contributed by atoms with van der Waals surface area (Å²) < 4.78 is 37.4. The molecule has 0 aliphatic heterocycles. The average Bonchev–Trinajstić information content (AvgIpc) is 3.36. The summed E-state index contributed by atoms with van der Waals surface area (Å²) in [6, 6.07) is 13.2. The standard InChI is InChI=1S/C23H27NO6S/c1-15-6-12-18(13-7-15)31(27,28)20-19(16-8-10-17(29-5)11-9-16)23(20,14-25)24-21(26)30-22(2,3)4/h6-14,19-20H,1-5H3,(H,24,26)/t19-,20-,23+/m1/s1. The summed E-state index contributed by atoms with van der Waals surface area (Å²) in [6.07, 6.45) is -0.345. The van der Waals surface area contributed by atoms with Crippen LogP contribution in [0.2, 0.25) is 0 Å². The van der Waals surface area contributed by atoms with Crippen molar-refractivity contribution in [3.63, 3.8) is 0 Å². The SMILES string of the molecule is COc1ccc([C@@H]2[C@@H](S(=O)(=O)c3ccc(C)cc3)[C@@]2(C=O)NC(=O)OC(C)(C)C)cc1. The molecule has 3 atom stereocenters. The number of sulfone groups is 1. The van der Waals surface area contributed by atoms with E-state index in [4.69, 9.17) is 9.47 Å². The molecule has 0 radical (unpaired) electrons. The molecule has 0 saturated heterocycles. The first-order valence-electron chi connectivity index (χ1n) is 9.86. The zero-order valence-corrected chi connectivity index (χ0v) is 19.0. The fourth-order valence-corrected chi connectivity index (χ4v) is 5.99. The second-order valence-corrected chi connectivity index (χ2v) is 10.8. The Morgan fingerprint density at radius 1 is 1.06 bits per heavy atom. The third kappa shape index (κ3) is 4.44. The lowest BCUT2D eigenvalue weighted by molar-refractivity contribution is -0.110. The van der Waals surface area contributed by atoms with Gasteiger partial charge in [-0.3, -0.25) is 0 Å². The van der Waals surface area contributed by atoms with Gasteiger partial charge in [0.05, 0.1) is 12.0 Å². The van der Waals surface area contributed by atoms with Gasteiger partial charge in [-0.05, 0) is 57.5 Å². The second-order valence-electron chi connectivity index (χ2n) is 8.71. The van der Waals surface area contributed by atoms with Crippen LogP contribution in [-0.4, -0.2) is 44.3 Å². The molecule has 7 nitrogen and oxygen atoms in total. The van der Waals surface area contributed by atoms with E-state index >= 15 is 0 Å². The van der Waals surface area contributed by atoms with Crippen molar-refractivity contribution in [2.75, 3.05) is 7.11 Å². The zero-order chi connectivity index (χ0) is 23.0. The molecule has 8 heteroatoms. The Hall–Kier alpha value is -2.87. The molecule has 1 saturated carbocycles. The van der Waals surface area contributed by atoms with Gasteiger partial charge in [-0.2, -0.15) is 0 Å². The van der Waals surface area contributed by atoms with Gasteiger partial charge in [0.2, 0.25) is 0 Å². The molecule has 2 aromatic carbocycles. The van der Waals surface area contributed by atoms with Crippen LogP contribution in [0.1, 0.15) is 37.8 Å². The van der Waals surface area contributed by atoms with E-state index < -0.39 is 38.2 Å². The minimum atomic E-state index is -3.94. The van der Waals surface area contributed by atoms with Crippen LogP contribution in [0.5, 0.6) is 5.75 Å². The maximum Gasteiger partial charge on any atom is 0.408 e. The summed E-state index contributed by atoms with van der Waals surface area (Å²) in [6.45, 7) is 6.92. The van der Waals surface area contributed by atoms with E-state index in [0.29, 0.717) is 17.6 Å². The first-order chi connectivity index (χ1) is 14.4. The smallest absolute Gasteiger partial charge is 0.408 e. The van der Waals surface area contributed by atoms with Crippen LogP contribution in [-0.2, 0) is 19.4 Å². The summed E-state index contributed by atoms with van der Waals surface area (Å²) in [5.41, 5.74) is -0.926. The molecule has 1 fully saturated rings. The van der Waals surface area contributed by atoms with Crippen molar-refractivity contribution in [2.24, 2.45) is 0 Å². The second kappa shape index (κ2) is 8.00. The molecule has 0 heterocycles. The predicted molar refractivity (Wildman–Crippen MR) is 116 cm³/mol. The summed E-state index contributed by atoms with van der Waals surface area (Å²) in [4.78, 5) is 24.9. The van der Waals surface area contributed by atoms with E-state index in [1.165, 1.54) is 19.2 Å². The summed E-state index contributed by atoms with van der Waals surface area (Å²) in [5.74, 6) is -0.172. The third-order valence-electron chi connectivity index (χ3n) is 5.25. The topological polar surface area (TPSA) is 98.8 Å². The Kier molecular flexibility index (Phi) is 5.88. The van der Waals surface area contributed by atoms with Gasteiger partial charge >= 0.3 is 6.09 Å². The minimum absolute atomic E-state index is 0.0938. The Morgan fingerprint density at radius 2 is 1.65 bits per heavy atom. The number of hydrogen-bond acceptors (Lipinski definition) is 6. The van der Waals surface area contributed by atoms with Crippen LogP contribution < -0.4 is 10.1 Å². The van der Waals surface area contributed by atoms with Crippen LogP contribution in [0.15, 0.2) is 53.4 Å². The number of hydrogen-bond donors (Lipinski definition) is 1. The fraction of sp³-hybridized carbons (Fsp3) is 0.391. The number of methoxy groups -OCH3 is 1. The molecular weight excluding hydrogens is 418 g/mol. The average molecular weight is 446 g/mol. The number of rotatable bonds is 6. The summed E-state index contributed by atoms with van der Waals surface area (Å²) in [5, 5.41) is 1.38. The monoisotopic (exact) mass is 445 g/mol. The third-order valence-corrected chi connectivity index (χ3v) is 7.51. The van der Waals surface area contributed by atoms with Crippen LogP contribution in [0.3, 0.4) is 0 Å². The summed E-state index contributed by atoms with van der Waals surface area (Å²) in [7, 11) is -2.41. The molecule has 0 bridgehead atoms. The number of ether oxygens (including phenoxy) is 2. The number of aryl methyl sites for hydroxylation is 1. The van der Waals surface area contributed by atoms with Gasteiger partial charge < -0.3 is 19.6 Å². The fourth-order valence-electron chi connectivity index (χ4n) is 3.75. The van der Waals surface area contributed by atoms with Crippen LogP contribution in [0.25, 0.3) is 0 Å². The molecule has 0 spiro atoms. The van der Waals surface area contributed by atoms with E-state index in [1.54, 1.807) is 57.2 Å². The van der Waals surface area contributed by atoms with Crippen LogP contribution >= 0.6 is 0 Å². The highest BCUT2D eigenvalue weighted by molar-refractivity contribution is 7.92.